The Morgan fingerprint density at radius 3 is 2.65 bits per heavy atom. The molecule has 2 aliphatic heterocycles. The van der Waals surface area contributed by atoms with Crippen LogP contribution in [-0.4, -0.2) is 47.6 Å². The lowest BCUT2D eigenvalue weighted by molar-refractivity contribution is -0.136. The third kappa shape index (κ3) is 3.75. The Bertz CT molecular complexity index is 1330. The average molecular weight is 445 g/mol. The number of aryl methyl sites for hydroxylation is 1. The van der Waals surface area contributed by atoms with Crippen LogP contribution in [0.3, 0.4) is 0 Å². The third-order valence-corrected chi connectivity index (χ3v) is 7.93. The van der Waals surface area contributed by atoms with Crippen LogP contribution in [0.1, 0.15) is 37.7 Å². The first-order chi connectivity index (χ1) is 14.8. The minimum absolute atomic E-state index is 0.0845. The minimum Gasteiger partial charge on any atom is -0.481 e. The SMILES string of the molecule is O=C(O)CCc1c[nH]c2c(=O)[nH]c3ccc(S(=O)(=O)NC4CC5CCC(C4)N5)cc3c12. The van der Waals surface area contributed by atoms with Crippen molar-refractivity contribution < 1.29 is 18.3 Å². The maximum absolute atomic E-state index is 13.1. The maximum Gasteiger partial charge on any atom is 0.303 e. The van der Waals surface area contributed by atoms with Crippen molar-refractivity contribution in [1.82, 2.24) is 20.0 Å². The van der Waals surface area contributed by atoms with E-state index < -0.39 is 16.0 Å². The minimum atomic E-state index is -3.74. The number of hydrogen-bond donors (Lipinski definition) is 5. The molecule has 0 radical (unpaired) electrons. The second kappa shape index (κ2) is 7.47. The normalized spacial score (nSPS) is 23.5. The number of hydrogen-bond acceptors (Lipinski definition) is 5. The average Bonchev–Trinajstić information content (AvgIpc) is 3.29. The quantitative estimate of drug-likeness (QED) is 0.390. The van der Waals surface area contributed by atoms with E-state index in [2.05, 4.69) is 20.0 Å². The van der Waals surface area contributed by atoms with Gasteiger partial charge in [0.05, 0.1) is 4.90 Å². The first-order valence-electron chi connectivity index (χ1n) is 10.5. The summed E-state index contributed by atoms with van der Waals surface area (Å²) in [5.41, 5.74) is 1.16. The monoisotopic (exact) mass is 444 g/mol. The third-order valence-electron chi connectivity index (χ3n) is 6.41. The number of aromatic amines is 2. The predicted molar refractivity (Wildman–Crippen MR) is 116 cm³/mol. The number of aromatic nitrogens is 2. The summed E-state index contributed by atoms with van der Waals surface area (Å²) in [6.07, 6.45) is 5.48. The van der Waals surface area contributed by atoms with Crippen LogP contribution in [-0.2, 0) is 21.2 Å². The maximum atomic E-state index is 13.1. The Kier molecular flexibility index (Phi) is 4.87. The highest BCUT2D eigenvalue weighted by Crippen LogP contribution is 2.30. The fourth-order valence-corrected chi connectivity index (χ4v) is 6.31. The Hall–Kier alpha value is -2.69. The fourth-order valence-electron chi connectivity index (χ4n) is 5.02. The molecule has 2 fully saturated rings. The molecule has 10 heteroatoms. The van der Waals surface area contributed by atoms with Gasteiger partial charge in [-0.1, -0.05) is 0 Å². The van der Waals surface area contributed by atoms with Gasteiger partial charge < -0.3 is 20.4 Å². The second-order valence-corrected chi connectivity index (χ2v) is 10.3. The van der Waals surface area contributed by atoms with Crippen LogP contribution in [0.15, 0.2) is 34.1 Å². The molecule has 31 heavy (non-hydrogen) atoms. The number of carbonyl (C=O) groups is 1. The molecular formula is C21H24N4O5S. The lowest BCUT2D eigenvalue weighted by Crippen LogP contribution is -2.47. The highest BCUT2D eigenvalue weighted by molar-refractivity contribution is 7.89. The molecule has 2 unspecified atom stereocenters. The molecule has 0 aliphatic carbocycles. The largest absolute Gasteiger partial charge is 0.481 e. The molecule has 5 rings (SSSR count). The molecule has 0 spiro atoms. The molecule has 9 nitrogen and oxygen atoms in total. The van der Waals surface area contributed by atoms with Gasteiger partial charge >= 0.3 is 5.97 Å². The van der Waals surface area contributed by atoms with Gasteiger partial charge in [0.15, 0.2) is 0 Å². The molecule has 2 aromatic heterocycles. The molecule has 5 N–H and O–H groups in total. The van der Waals surface area contributed by atoms with Crippen molar-refractivity contribution in [3.05, 3.63) is 40.3 Å². The number of rotatable bonds is 6. The van der Waals surface area contributed by atoms with Crippen LogP contribution in [0.2, 0.25) is 0 Å². The van der Waals surface area contributed by atoms with Crippen LogP contribution in [0.4, 0.5) is 0 Å². The molecule has 3 aromatic rings. The van der Waals surface area contributed by atoms with Crippen molar-refractivity contribution in [3.63, 3.8) is 0 Å². The van der Waals surface area contributed by atoms with E-state index >= 15 is 0 Å². The summed E-state index contributed by atoms with van der Waals surface area (Å²) in [7, 11) is -3.74. The second-order valence-electron chi connectivity index (χ2n) is 8.55. The number of fused-ring (bicyclic) bond motifs is 5. The van der Waals surface area contributed by atoms with E-state index in [0.29, 0.717) is 39.5 Å². The molecule has 0 amide bonds. The van der Waals surface area contributed by atoms with Crippen molar-refractivity contribution in [1.29, 1.82) is 0 Å². The molecule has 0 saturated carbocycles. The van der Waals surface area contributed by atoms with Gasteiger partial charge in [0.2, 0.25) is 10.0 Å². The van der Waals surface area contributed by atoms with E-state index in [9.17, 15) is 18.0 Å². The van der Waals surface area contributed by atoms with Crippen molar-refractivity contribution >= 4 is 37.8 Å². The van der Waals surface area contributed by atoms with Crippen molar-refractivity contribution in [2.45, 2.75) is 61.5 Å². The van der Waals surface area contributed by atoms with Crippen molar-refractivity contribution in [2.24, 2.45) is 0 Å². The van der Waals surface area contributed by atoms with E-state index in [0.717, 1.165) is 25.7 Å². The highest BCUT2D eigenvalue weighted by atomic mass is 32.2. The topological polar surface area (TPSA) is 144 Å². The van der Waals surface area contributed by atoms with E-state index in [1.807, 2.05) is 0 Å². The molecule has 164 valence electrons. The molecule has 2 aliphatic rings. The lowest BCUT2D eigenvalue weighted by Gasteiger charge is -2.29. The van der Waals surface area contributed by atoms with E-state index in [4.69, 9.17) is 5.11 Å². The number of carboxylic acids is 1. The van der Waals surface area contributed by atoms with Gasteiger partial charge in [-0.2, -0.15) is 0 Å². The predicted octanol–water partition coefficient (Wildman–Crippen LogP) is 1.59. The van der Waals surface area contributed by atoms with Crippen LogP contribution in [0, 0.1) is 0 Å². The van der Waals surface area contributed by atoms with Crippen molar-refractivity contribution in [3.8, 4) is 0 Å². The van der Waals surface area contributed by atoms with Gasteiger partial charge in [0.25, 0.3) is 5.56 Å². The molecule has 4 heterocycles. The van der Waals surface area contributed by atoms with Crippen LogP contribution in [0.5, 0.6) is 0 Å². The zero-order valence-electron chi connectivity index (χ0n) is 16.8. The fraction of sp³-hybridized carbons (Fsp3) is 0.429. The van der Waals surface area contributed by atoms with Gasteiger partial charge in [-0.3, -0.25) is 9.59 Å². The van der Waals surface area contributed by atoms with Gasteiger partial charge in [-0.25, -0.2) is 13.1 Å². The van der Waals surface area contributed by atoms with E-state index in [1.54, 1.807) is 18.3 Å². The highest BCUT2D eigenvalue weighted by Gasteiger charge is 2.35. The number of pyridine rings is 1. The lowest BCUT2D eigenvalue weighted by atomic mass is 10.0. The molecule has 2 bridgehead atoms. The van der Waals surface area contributed by atoms with Gasteiger partial charge in [-0.05, 0) is 55.9 Å². The Morgan fingerprint density at radius 2 is 1.94 bits per heavy atom. The summed E-state index contributed by atoms with van der Waals surface area (Å²) in [4.78, 5) is 29.2. The van der Waals surface area contributed by atoms with Gasteiger partial charge in [0.1, 0.15) is 5.52 Å². The molecule has 2 atom stereocenters. The number of sulfonamides is 1. The first kappa shape index (κ1) is 20.2. The van der Waals surface area contributed by atoms with Gasteiger partial charge in [0, 0.05) is 47.0 Å². The number of carboxylic acid groups (broad SMARTS) is 1. The number of H-pyrrole nitrogens is 2. The smallest absolute Gasteiger partial charge is 0.303 e. The summed E-state index contributed by atoms with van der Waals surface area (Å²) in [6.45, 7) is 0. The summed E-state index contributed by atoms with van der Waals surface area (Å²) < 4.78 is 29.1. The molecule has 1 aromatic carbocycles. The zero-order chi connectivity index (χ0) is 21.8. The number of piperidine rings is 1. The number of benzene rings is 1. The standard InChI is InChI=1S/C21H24N4O5S/c26-18(27)6-1-11-10-22-20-19(11)16-9-15(4-5-17(16)24-21(20)28)31(29,30)25-14-7-12-2-3-13(8-14)23-12/h4-5,9-10,12-14,22-23,25H,1-3,6-8H2,(H,24,28)(H,26,27). The number of nitrogens with one attached hydrogen (secondary N) is 4. The number of aliphatic carboxylic acids is 1. The first-order valence-corrected chi connectivity index (χ1v) is 11.9. The summed E-state index contributed by atoms with van der Waals surface area (Å²) >= 11 is 0. The van der Waals surface area contributed by atoms with Gasteiger partial charge in [-0.15, -0.1) is 0 Å². The molecule has 2 saturated heterocycles. The van der Waals surface area contributed by atoms with E-state index in [1.165, 1.54) is 6.07 Å². The van der Waals surface area contributed by atoms with Crippen LogP contribution in [0.25, 0.3) is 21.8 Å². The molecular weight excluding hydrogens is 420 g/mol. The summed E-state index contributed by atoms with van der Waals surface area (Å²) in [5.74, 6) is -0.938. The van der Waals surface area contributed by atoms with Crippen molar-refractivity contribution in [2.75, 3.05) is 0 Å². The Labute approximate surface area is 178 Å². The van der Waals surface area contributed by atoms with E-state index in [-0.39, 0.29) is 29.3 Å². The Morgan fingerprint density at radius 1 is 1.19 bits per heavy atom. The summed E-state index contributed by atoms with van der Waals surface area (Å²) in [5, 5.41) is 13.7. The zero-order valence-corrected chi connectivity index (χ0v) is 17.6. The van der Waals surface area contributed by atoms with Crippen LogP contribution < -0.4 is 15.6 Å². The Balaban J connectivity index is 1.54. The summed E-state index contributed by atoms with van der Waals surface area (Å²) in [6, 6.07) is 5.27. The van der Waals surface area contributed by atoms with Crippen LogP contribution >= 0.6 is 0 Å².